The summed E-state index contributed by atoms with van der Waals surface area (Å²) in [6.07, 6.45) is 2.45. The smallest absolute Gasteiger partial charge is 0.259 e. The van der Waals surface area contributed by atoms with Crippen molar-refractivity contribution in [1.82, 2.24) is 9.55 Å². The van der Waals surface area contributed by atoms with Crippen LogP contribution in [0.15, 0.2) is 6.07 Å². The number of aromatic nitrogens is 2. The SMILES string of the molecule is Cc1nc(NC(=O)c2cc(C)n(C3CC3)c2C)sc1C. The lowest BCUT2D eigenvalue weighted by molar-refractivity contribution is 0.102. The van der Waals surface area contributed by atoms with E-state index in [-0.39, 0.29) is 5.91 Å². The van der Waals surface area contributed by atoms with Crippen molar-refractivity contribution in [3.05, 3.63) is 33.6 Å². The molecule has 1 amide bonds. The Hall–Kier alpha value is -1.62. The van der Waals surface area contributed by atoms with E-state index in [4.69, 9.17) is 0 Å². The van der Waals surface area contributed by atoms with Gasteiger partial charge in [-0.25, -0.2) is 4.98 Å². The second-order valence-electron chi connectivity index (χ2n) is 5.50. The average Bonchev–Trinajstić information content (AvgIpc) is 3.08. The predicted molar refractivity (Wildman–Crippen MR) is 81.7 cm³/mol. The van der Waals surface area contributed by atoms with E-state index < -0.39 is 0 Å². The summed E-state index contributed by atoms with van der Waals surface area (Å²) in [5.74, 6) is -0.0567. The van der Waals surface area contributed by atoms with Crippen LogP contribution in [0.4, 0.5) is 5.13 Å². The van der Waals surface area contributed by atoms with Gasteiger partial charge in [0.15, 0.2) is 5.13 Å². The number of thiazole rings is 1. The first-order valence-corrected chi connectivity index (χ1v) is 7.73. The summed E-state index contributed by atoms with van der Waals surface area (Å²) in [7, 11) is 0. The monoisotopic (exact) mass is 289 g/mol. The summed E-state index contributed by atoms with van der Waals surface area (Å²) in [5.41, 5.74) is 3.97. The predicted octanol–water partition coefficient (Wildman–Crippen LogP) is 3.77. The Bertz CT molecular complexity index is 660. The Morgan fingerprint density at radius 1 is 1.35 bits per heavy atom. The Morgan fingerprint density at radius 3 is 2.60 bits per heavy atom. The molecule has 1 aliphatic carbocycles. The highest BCUT2D eigenvalue weighted by molar-refractivity contribution is 7.15. The molecular weight excluding hydrogens is 270 g/mol. The number of nitrogens with zero attached hydrogens (tertiary/aromatic N) is 2. The summed E-state index contributed by atoms with van der Waals surface area (Å²) < 4.78 is 2.28. The quantitative estimate of drug-likeness (QED) is 0.935. The first kappa shape index (κ1) is 13.4. The summed E-state index contributed by atoms with van der Waals surface area (Å²) >= 11 is 1.52. The molecule has 0 aromatic carbocycles. The standard InChI is InChI=1S/C15H19N3OS/c1-8-7-13(10(3)18(8)12-5-6-12)14(19)17-15-16-9(2)11(4)20-15/h7,12H,5-6H2,1-4H3,(H,16,17,19). The van der Waals surface area contributed by atoms with Crippen LogP contribution < -0.4 is 5.32 Å². The maximum atomic E-state index is 12.4. The van der Waals surface area contributed by atoms with Gasteiger partial charge in [0.05, 0.1) is 11.3 Å². The molecule has 2 aromatic heterocycles. The summed E-state index contributed by atoms with van der Waals surface area (Å²) in [5, 5.41) is 3.60. The van der Waals surface area contributed by atoms with Crippen molar-refractivity contribution in [3.8, 4) is 0 Å². The van der Waals surface area contributed by atoms with Crippen LogP contribution in [0.2, 0.25) is 0 Å². The third kappa shape index (κ3) is 2.26. The van der Waals surface area contributed by atoms with Gasteiger partial charge in [0.2, 0.25) is 0 Å². The first-order chi connectivity index (χ1) is 9.47. The maximum Gasteiger partial charge on any atom is 0.259 e. The number of amides is 1. The van der Waals surface area contributed by atoms with Crippen molar-refractivity contribution >= 4 is 22.4 Å². The lowest BCUT2D eigenvalue weighted by Gasteiger charge is -2.07. The normalized spacial score (nSPS) is 14.6. The van der Waals surface area contributed by atoms with Crippen LogP contribution in [0.5, 0.6) is 0 Å². The summed E-state index contributed by atoms with van der Waals surface area (Å²) in [4.78, 5) is 17.9. The molecule has 2 heterocycles. The number of nitrogens with one attached hydrogen (secondary N) is 1. The summed E-state index contributed by atoms with van der Waals surface area (Å²) in [6, 6.07) is 2.58. The molecule has 20 heavy (non-hydrogen) atoms. The number of anilines is 1. The zero-order chi connectivity index (χ0) is 14.4. The van der Waals surface area contributed by atoms with E-state index in [9.17, 15) is 4.79 Å². The van der Waals surface area contributed by atoms with Gasteiger partial charge < -0.3 is 4.57 Å². The molecule has 0 unspecified atom stereocenters. The minimum absolute atomic E-state index is 0.0567. The third-order valence-corrected chi connectivity index (χ3v) is 4.88. The van der Waals surface area contributed by atoms with Crippen molar-refractivity contribution in [2.75, 3.05) is 5.32 Å². The Balaban J connectivity index is 1.85. The number of rotatable bonds is 3. The molecule has 1 aliphatic rings. The van der Waals surface area contributed by atoms with E-state index >= 15 is 0 Å². The zero-order valence-electron chi connectivity index (χ0n) is 12.3. The molecule has 0 atom stereocenters. The van der Waals surface area contributed by atoms with Crippen LogP contribution in [-0.2, 0) is 0 Å². The van der Waals surface area contributed by atoms with Gasteiger partial charge in [0, 0.05) is 22.3 Å². The highest BCUT2D eigenvalue weighted by atomic mass is 32.1. The minimum atomic E-state index is -0.0567. The second kappa shape index (κ2) is 4.74. The molecule has 3 rings (SSSR count). The molecule has 0 aliphatic heterocycles. The van der Waals surface area contributed by atoms with Crippen LogP contribution in [-0.4, -0.2) is 15.5 Å². The van der Waals surface area contributed by atoms with Gasteiger partial charge in [-0.15, -0.1) is 11.3 Å². The van der Waals surface area contributed by atoms with Crippen LogP contribution in [0.25, 0.3) is 0 Å². The lowest BCUT2D eigenvalue weighted by Crippen LogP contribution is -2.13. The molecule has 1 fully saturated rings. The lowest BCUT2D eigenvalue weighted by atomic mass is 10.2. The number of carbonyl (C=O) groups is 1. The fourth-order valence-corrected chi connectivity index (χ4v) is 3.40. The van der Waals surface area contributed by atoms with E-state index in [0.29, 0.717) is 11.2 Å². The van der Waals surface area contributed by atoms with Crippen molar-refractivity contribution in [2.24, 2.45) is 0 Å². The Labute approximate surface area is 122 Å². The fraction of sp³-hybridized carbons (Fsp3) is 0.467. The Kier molecular flexibility index (Phi) is 3.17. The molecule has 106 valence electrons. The summed E-state index contributed by atoms with van der Waals surface area (Å²) in [6.45, 7) is 8.07. The van der Waals surface area contributed by atoms with Crippen molar-refractivity contribution in [3.63, 3.8) is 0 Å². The number of hydrogen-bond acceptors (Lipinski definition) is 3. The van der Waals surface area contributed by atoms with Gasteiger partial charge in [-0.05, 0) is 46.6 Å². The Morgan fingerprint density at radius 2 is 2.05 bits per heavy atom. The van der Waals surface area contributed by atoms with Crippen LogP contribution in [0.1, 0.15) is 51.2 Å². The molecule has 0 radical (unpaired) electrons. The van der Waals surface area contributed by atoms with E-state index in [1.54, 1.807) is 0 Å². The van der Waals surface area contributed by atoms with E-state index in [1.165, 1.54) is 29.9 Å². The van der Waals surface area contributed by atoms with E-state index in [0.717, 1.165) is 21.8 Å². The van der Waals surface area contributed by atoms with Gasteiger partial charge in [0.25, 0.3) is 5.91 Å². The molecule has 1 saturated carbocycles. The molecule has 1 N–H and O–H groups in total. The first-order valence-electron chi connectivity index (χ1n) is 6.91. The fourth-order valence-electron chi connectivity index (χ4n) is 2.59. The molecule has 5 heteroatoms. The molecule has 4 nitrogen and oxygen atoms in total. The zero-order valence-corrected chi connectivity index (χ0v) is 13.1. The second-order valence-corrected chi connectivity index (χ2v) is 6.70. The van der Waals surface area contributed by atoms with Gasteiger partial charge in [-0.3, -0.25) is 10.1 Å². The molecule has 2 aromatic rings. The van der Waals surface area contributed by atoms with Crippen LogP contribution >= 0.6 is 11.3 Å². The van der Waals surface area contributed by atoms with E-state index in [1.807, 2.05) is 26.8 Å². The van der Waals surface area contributed by atoms with Gasteiger partial charge in [-0.2, -0.15) is 0 Å². The topological polar surface area (TPSA) is 46.9 Å². The van der Waals surface area contributed by atoms with Crippen molar-refractivity contribution in [1.29, 1.82) is 0 Å². The number of carbonyl (C=O) groups excluding carboxylic acids is 1. The van der Waals surface area contributed by atoms with Gasteiger partial charge in [-0.1, -0.05) is 0 Å². The van der Waals surface area contributed by atoms with Gasteiger partial charge >= 0.3 is 0 Å². The van der Waals surface area contributed by atoms with Crippen LogP contribution in [0.3, 0.4) is 0 Å². The average molecular weight is 289 g/mol. The molecule has 0 bridgehead atoms. The number of aryl methyl sites for hydroxylation is 3. The minimum Gasteiger partial charge on any atom is -0.345 e. The van der Waals surface area contributed by atoms with Gasteiger partial charge in [0.1, 0.15) is 0 Å². The third-order valence-electron chi connectivity index (χ3n) is 3.89. The van der Waals surface area contributed by atoms with Crippen molar-refractivity contribution < 1.29 is 4.79 Å². The van der Waals surface area contributed by atoms with E-state index in [2.05, 4.69) is 21.8 Å². The highest BCUT2D eigenvalue weighted by Gasteiger charge is 2.28. The maximum absolute atomic E-state index is 12.4. The number of hydrogen-bond donors (Lipinski definition) is 1. The molecule has 0 saturated heterocycles. The molecule has 0 spiro atoms. The van der Waals surface area contributed by atoms with Crippen molar-refractivity contribution in [2.45, 2.75) is 46.6 Å². The molecular formula is C15H19N3OS. The highest BCUT2D eigenvalue weighted by Crippen LogP contribution is 2.38. The van der Waals surface area contributed by atoms with Crippen LogP contribution in [0, 0.1) is 27.7 Å². The largest absolute Gasteiger partial charge is 0.345 e.